The van der Waals surface area contributed by atoms with Gasteiger partial charge in [0.2, 0.25) is 0 Å². The van der Waals surface area contributed by atoms with E-state index < -0.39 is 0 Å². The Morgan fingerprint density at radius 2 is 1.89 bits per heavy atom. The summed E-state index contributed by atoms with van der Waals surface area (Å²) in [6.07, 6.45) is 7.42. The van der Waals surface area contributed by atoms with Crippen LogP contribution in [0, 0.1) is 5.41 Å². The summed E-state index contributed by atoms with van der Waals surface area (Å²) in [5.74, 6) is 0.755. The molecule has 0 aromatic rings. The van der Waals surface area contributed by atoms with Gasteiger partial charge in [-0.1, -0.05) is 13.8 Å². The van der Waals surface area contributed by atoms with Crippen molar-refractivity contribution in [3.05, 3.63) is 0 Å². The van der Waals surface area contributed by atoms with Crippen LogP contribution in [0.3, 0.4) is 0 Å². The lowest BCUT2D eigenvalue weighted by atomic mass is 9.59. The molecule has 0 bridgehead atoms. The van der Waals surface area contributed by atoms with Gasteiger partial charge in [0.15, 0.2) is 5.96 Å². The number of methoxy groups -OCH3 is 1. The first kappa shape index (κ1) is 14.6. The number of guanidine groups is 1. The highest BCUT2D eigenvalue weighted by atomic mass is 16.5. The SMILES string of the molecule is CCC1(CC)C(N=C(N)N2CCCCC2)CC1OC. The second-order valence-corrected chi connectivity index (χ2v) is 5.95. The molecule has 19 heavy (non-hydrogen) atoms. The molecule has 0 spiro atoms. The predicted octanol–water partition coefficient (Wildman–Crippen LogP) is 2.38. The third-order valence-corrected chi connectivity index (χ3v) is 5.31. The molecule has 0 aromatic carbocycles. The van der Waals surface area contributed by atoms with E-state index in [9.17, 15) is 0 Å². The molecule has 2 atom stereocenters. The monoisotopic (exact) mass is 267 g/mol. The zero-order valence-corrected chi connectivity index (χ0v) is 12.7. The minimum absolute atomic E-state index is 0.204. The van der Waals surface area contributed by atoms with Crippen molar-refractivity contribution in [2.24, 2.45) is 16.1 Å². The summed E-state index contributed by atoms with van der Waals surface area (Å²) in [4.78, 5) is 7.09. The van der Waals surface area contributed by atoms with Gasteiger partial charge in [0.25, 0.3) is 0 Å². The van der Waals surface area contributed by atoms with Crippen LogP contribution in [-0.4, -0.2) is 43.2 Å². The van der Waals surface area contributed by atoms with Crippen LogP contribution in [0.15, 0.2) is 4.99 Å². The molecule has 110 valence electrons. The van der Waals surface area contributed by atoms with Crippen molar-refractivity contribution in [2.45, 2.75) is 64.5 Å². The molecule has 4 heteroatoms. The van der Waals surface area contributed by atoms with Gasteiger partial charge in [-0.3, -0.25) is 0 Å². The normalized spacial score (nSPS) is 31.1. The van der Waals surface area contributed by atoms with Gasteiger partial charge in [-0.2, -0.15) is 0 Å². The molecule has 0 amide bonds. The van der Waals surface area contributed by atoms with Crippen LogP contribution < -0.4 is 5.73 Å². The molecule has 1 aliphatic carbocycles. The molecular formula is C15H29N3O. The van der Waals surface area contributed by atoms with Crippen LogP contribution in [0.25, 0.3) is 0 Å². The molecule has 1 aliphatic heterocycles. The van der Waals surface area contributed by atoms with Crippen molar-refractivity contribution in [3.63, 3.8) is 0 Å². The summed E-state index contributed by atoms with van der Waals surface area (Å²) in [5.41, 5.74) is 6.41. The fourth-order valence-electron chi connectivity index (χ4n) is 3.78. The van der Waals surface area contributed by atoms with Gasteiger partial charge in [-0.15, -0.1) is 0 Å². The first-order chi connectivity index (χ1) is 9.17. The summed E-state index contributed by atoms with van der Waals surface area (Å²) in [5, 5.41) is 0. The molecule has 2 aliphatic rings. The van der Waals surface area contributed by atoms with Crippen molar-refractivity contribution in [1.29, 1.82) is 0 Å². The Labute approximate surface area is 117 Å². The number of aliphatic imine (C=N–C) groups is 1. The molecule has 0 radical (unpaired) electrons. The average molecular weight is 267 g/mol. The van der Waals surface area contributed by atoms with Crippen molar-refractivity contribution in [3.8, 4) is 0 Å². The van der Waals surface area contributed by atoms with Crippen LogP contribution in [0.4, 0.5) is 0 Å². The molecule has 4 nitrogen and oxygen atoms in total. The van der Waals surface area contributed by atoms with Crippen LogP contribution in [0.5, 0.6) is 0 Å². The number of hydrogen-bond donors (Lipinski definition) is 1. The van der Waals surface area contributed by atoms with Gasteiger partial charge < -0.3 is 15.4 Å². The molecular weight excluding hydrogens is 238 g/mol. The van der Waals surface area contributed by atoms with Gasteiger partial charge >= 0.3 is 0 Å². The second kappa shape index (κ2) is 6.12. The summed E-state index contributed by atoms with van der Waals surface area (Å²) >= 11 is 0. The number of hydrogen-bond acceptors (Lipinski definition) is 2. The molecule has 1 heterocycles. The third-order valence-electron chi connectivity index (χ3n) is 5.31. The van der Waals surface area contributed by atoms with E-state index in [1.807, 2.05) is 7.11 Å². The van der Waals surface area contributed by atoms with Crippen molar-refractivity contribution in [2.75, 3.05) is 20.2 Å². The van der Waals surface area contributed by atoms with E-state index in [0.29, 0.717) is 12.1 Å². The fraction of sp³-hybridized carbons (Fsp3) is 0.933. The number of likely N-dealkylation sites (tertiary alicyclic amines) is 1. The van der Waals surface area contributed by atoms with Crippen LogP contribution in [0.1, 0.15) is 52.4 Å². The quantitative estimate of drug-likeness (QED) is 0.628. The summed E-state index contributed by atoms with van der Waals surface area (Å²) in [6, 6.07) is 0.342. The van der Waals surface area contributed by atoms with Crippen molar-refractivity contribution >= 4 is 5.96 Å². The summed E-state index contributed by atoms with van der Waals surface area (Å²) in [7, 11) is 1.82. The van der Waals surface area contributed by atoms with Gasteiger partial charge in [-0.25, -0.2) is 4.99 Å². The lowest BCUT2D eigenvalue weighted by Gasteiger charge is -2.53. The van der Waals surface area contributed by atoms with E-state index in [1.54, 1.807) is 0 Å². The number of piperidine rings is 1. The fourth-order valence-corrected chi connectivity index (χ4v) is 3.78. The van der Waals surface area contributed by atoms with Gasteiger partial charge in [-0.05, 0) is 38.5 Å². The molecule has 2 unspecified atom stereocenters. The van der Waals surface area contributed by atoms with E-state index in [-0.39, 0.29) is 5.41 Å². The Balaban J connectivity index is 2.05. The van der Waals surface area contributed by atoms with E-state index in [1.165, 1.54) is 19.3 Å². The Bertz CT molecular complexity index is 319. The Hall–Kier alpha value is -0.770. The third kappa shape index (κ3) is 2.60. The number of ether oxygens (including phenoxy) is 1. The lowest BCUT2D eigenvalue weighted by Crippen LogP contribution is -2.57. The van der Waals surface area contributed by atoms with E-state index in [4.69, 9.17) is 15.5 Å². The van der Waals surface area contributed by atoms with E-state index in [0.717, 1.165) is 38.3 Å². The number of nitrogens with two attached hydrogens (primary N) is 1. The highest BCUT2D eigenvalue weighted by Gasteiger charge is 2.53. The molecule has 0 aromatic heterocycles. The highest BCUT2D eigenvalue weighted by molar-refractivity contribution is 5.78. The summed E-state index contributed by atoms with van der Waals surface area (Å²) < 4.78 is 5.62. The first-order valence-corrected chi connectivity index (χ1v) is 7.79. The van der Waals surface area contributed by atoms with Gasteiger partial charge in [0, 0.05) is 25.6 Å². The molecule has 2 rings (SSSR count). The molecule has 2 N–H and O–H groups in total. The standard InChI is InChI=1S/C15H29N3O/c1-4-15(5-2)12(11-13(15)19-3)17-14(16)18-9-7-6-8-10-18/h12-13H,4-11H2,1-3H3,(H2,16,17). The van der Waals surface area contributed by atoms with Crippen LogP contribution >= 0.6 is 0 Å². The van der Waals surface area contributed by atoms with Gasteiger partial charge in [0.1, 0.15) is 0 Å². The Morgan fingerprint density at radius 1 is 1.26 bits per heavy atom. The van der Waals surface area contributed by atoms with Crippen molar-refractivity contribution < 1.29 is 4.74 Å². The lowest BCUT2D eigenvalue weighted by molar-refractivity contribution is -0.112. The Morgan fingerprint density at radius 3 is 2.42 bits per heavy atom. The Kier molecular flexibility index (Phi) is 4.71. The highest BCUT2D eigenvalue weighted by Crippen LogP contribution is 2.50. The number of rotatable bonds is 4. The van der Waals surface area contributed by atoms with Gasteiger partial charge in [0.05, 0.1) is 12.1 Å². The zero-order chi connectivity index (χ0) is 13.9. The second-order valence-electron chi connectivity index (χ2n) is 5.95. The molecule has 1 saturated carbocycles. The van der Waals surface area contributed by atoms with E-state index >= 15 is 0 Å². The van der Waals surface area contributed by atoms with Crippen molar-refractivity contribution in [1.82, 2.24) is 4.90 Å². The minimum Gasteiger partial charge on any atom is -0.381 e. The summed E-state index contributed by atoms with van der Waals surface area (Å²) in [6.45, 7) is 6.63. The largest absolute Gasteiger partial charge is 0.381 e. The molecule has 1 saturated heterocycles. The average Bonchev–Trinajstić information content (AvgIpc) is 2.45. The number of nitrogens with zero attached hydrogens (tertiary/aromatic N) is 2. The maximum Gasteiger partial charge on any atom is 0.191 e. The van der Waals surface area contributed by atoms with E-state index in [2.05, 4.69) is 18.7 Å². The maximum absolute atomic E-state index is 6.21. The zero-order valence-electron chi connectivity index (χ0n) is 12.7. The predicted molar refractivity (Wildman–Crippen MR) is 79.3 cm³/mol. The molecule has 2 fully saturated rings. The first-order valence-electron chi connectivity index (χ1n) is 7.79. The maximum atomic E-state index is 6.21. The minimum atomic E-state index is 0.204. The smallest absolute Gasteiger partial charge is 0.191 e. The van der Waals surface area contributed by atoms with Crippen LogP contribution in [-0.2, 0) is 4.74 Å². The van der Waals surface area contributed by atoms with Crippen LogP contribution in [0.2, 0.25) is 0 Å². The topological polar surface area (TPSA) is 50.8 Å².